The van der Waals surface area contributed by atoms with Gasteiger partial charge in [-0.2, -0.15) is 30.7 Å². The number of rotatable bonds is 2. The Bertz CT molecular complexity index is 230. The highest BCUT2D eigenvalue weighted by Crippen LogP contribution is 2.46. The van der Waals surface area contributed by atoms with Crippen molar-refractivity contribution in [1.29, 1.82) is 0 Å². The predicted molar refractivity (Wildman–Crippen MR) is 29.7 cm³/mol. The molecule has 0 saturated heterocycles. The zero-order valence-electron chi connectivity index (χ0n) is 5.93. The third kappa shape index (κ3) is 2.03. The third-order valence-corrected chi connectivity index (χ3v) is 1.06. The molecule has 0 aromatic heterocycles. The highest BCUT2D eigenvalue weighted by atomic mass is 19.4. The van der Waals surface area contributed by atoms with E-state index in [-0.39, 0.29) is 0 Å². The smallest absolute Gasteiger partial charge is 0.194 e. The van der Waals surface area contributed by atoms with E-state index in [9.17, 15) is 30.7 Å². The Balaban J connectivity index is 5.14. The molecule has 76 valence electrons. The summed E-state index contributed by atoms with van der Waals surface area (Å²) < 4.78 is 82.0. The zero-order valence-corrected chi connectivity index (χ0v) is 5.93. The molecule has 0 aromatic carbocycles. The molecule has 0 radical (unpaired) electrons. The molecule has 0 aliphatic heterocycles. The van der Waals surface area contributed by atoms with Crippen LogP contribution in [0.25, 0.3) is 0 Å². The molecular formula is C6H3F7. The van der Waals surface area contributed by atoms with Crippen LogP contribution < -0.4 is 0 Å². The van der Waals surface area contributed by atoms with Crippen LogP contribution in [0.2, 0.25) is 0 Å². The third-order valence-electron chi connectivity index (χ3n) is 1.06. The molecule has 13 heavy (non-hydrogen) atoms. The molecule has 0 amide bonds. The molecule has 0 N–H and O–H groups in total. The summed E-state index contributed by atoms with van der Waals surface area (Å²) in [5.41, 5.74) is 1.18. The molecule has 0 aliphatic rings. The van der Waals surface area contributed by atoms with Gasteiger partial charge >= 0.3 is 18.0 Å². The van der Waals surface area contributed by atoms with Crippen LogP contribution in [0.1, 0.15) is 0 Å². The Morgan fingerprint density at radius 3 is 1.54 bits per heavy atom. The van der Waals surface area contributed by atoms with E-state index in [4.69, 9.17) is 0 Å². The number of hydrogen-bond donors (Lipinski definition) is 0. The van der Waals surface area contributed by atoms with Crippen LogP contribution in [0.15, 0.2) is 18.4 Å². The number of hydrogen-bond acceptors (Lipinski definition) is 0. The fourth-order valence-corrected chi connectivity index (χ4v) is 0.408. The number of halogens is 7. The molecule has 0 spiro atoms. The topological polar surface area (TPSA) is 0 Å². The molecule has 0 nitrogen and oxygen atoms in total. The first kappa shape index (κ1) is 12.0. The summed E-state index contributed by atoms with van der Waals surface area (Å²) >= 11 is 0. The monoisotopic (exact) mass is 208 g/mol. The molecule has 0 aromatic rings. The van der Waals surface area contributed by atoms with Crippen LogP contribution in [-0.4, -0.2) is 18.0 Å². The Morgan fingerprint density at radius 2 is 1.31 bits per heavy atom. The lowest BCUT2D eigenvalue weighted by atomic mass is 10.1. The van der Waals surface area contributed by atoms with E-state index in [1.165, 1.54) is 5.73 Å². The summed E-state index contributed by atoms with van der Waals surface area (Å²) in [5, 5.41) is 0. The van der Waals surface area contributed by atoms with Gasteiger partial charge in [0.05, 0.1) is 0 Å². The highest BCUT2D eigenvalue weighted by molar-refractivity contribution is 5.04. The van der Waals surface area contributed by atoms with Crippen molar-refractivity contribution in [3.8, 4) is 0 Å². The Morgan fingerprint density at radius 1 is 0.923 bits per heavy atom. The Kier molecular flexibility index (Phi) is 2.84. The van der Waals surface area contributed by atoms with E-state index >= 15 is 0 Å². The van der Waals surface area contributed by atoms with E-state index in [0.29, 0.717) is 0 Å². The quantitative estimate of drug-likeness (QED) is 0.483. The predicted octanol–water partition coefficient (Wildman–Crippen LogP) is 3.16. The van der Waals surface area contributed by atoms with Gasteiger partial charge in [0.15, 0.2) is 0 Å². The minimum atomic E-state index is -6.30. The fraction of sp³-hybridized carbons (Fsp3) is 0.500. The largest absolute Gasteiger partial charge is 0.460 e. The van der Waals surface area contributed by atoms with Crippen molar-refractivity contribution in [2.75, 3.05) is 0 Å². The van der Waals surface area contributed by atoms with Crippen LogP contribution in [0, 0.1) is 0 Å². The van der Waals surface area contributed by atoms with Gasteiger partial charge in [-0.3, -0.25) is 0 Å². The van der Waals surface area contributed by atoms with Crippen molar-refractivity contribution in [1.82, 2.24) is 0 Å². The van der Waals surface area contributed by atoms with Crippen LogP contribution in [0.5, 0.6) is 0 Å². The first-order valence-corrected chi connectivity index (χ1v) is 2.75. The maximum atomic E-state index is 12.1. The van der Waals surface area contributed by atoms with Crippen molar-refractivity contribution in [3.05, 3.63) is 18.4 Å². The maximum Gasteiger partial charge on any atom is 0.460 e. The summed E-state index contributed by atoms with van der Waals surface area (Å²) in [6.07, 6.45) is -7.02. The molecule has 0 rings (SSSR count). The van der Waals surface area contributed by atoms with Crippen molar-refractivity contribution in [3.63, 3.8) is 0 Å². The average Bonchev–Trinajstić information content (AvgIpc) is 1.84. The number of allylic oxidation sites excluding steroid dienone is 1. The van der Waals surface area contributed by atoms with Crippen LogP contribution in [0.4, 0.5) is 30.7 Å². The summed E-state index contributed by atoms with van der Waals surface area (Å²) in [7, 11) is 0. The van der Waals surface area contributed by atoms with E-state index in [1.54, 1.807) is 0 Å². The van der Waals surface area contributed by atoms with Crippen LogP contribution >= 0.6 is 0 Å². The second kappa shape index (κ2) is 3.06. The standard InChI is InChI=1S/C6H3F7/c1-2-3-4(7,8)5(9,10)6(11,12)13/h3H,1H2. The summed E-state index contributed by atoms with van der Waals surface area (Å²) in [6.45, 7) is 2.48. The summed E-state index contributed by atoms with van der Waals surface area (Å²) in [4.78, 5) is 0. The fourth-order valence-electron chi connectivity index (χ4n) is 0.408. The van der Waals surface area contributed by atoms with Crippen molar-refractivity contribution < 1.29 is 30.7 Å². The molecule has 7 heteroatoms. The highest BCUT2D eigenvalue weighted by Gasteiger charge is 2.72. The molecule has 0 aliphatic carbocycles. The van der Waals surface area contributed by atoms with Gasteiger partial charge in [-0.05, 0) is 0 Å². The van der Waals surface area contributed by atoms with Gasteiger partial charge in [0.1, 0.15) is 0 Å². The van der Waals surface area contributed by atoms with Gasteiger partial charge in [-0.25, -0.2) is 0 Å². The van der Waals surface area contributed by atoms with Gasteiger partial charge in [-0.1, -0.05) is 6.58 Å². The maximum absolute atomic E-state index is 12.1. The normalized spacial score (nSPS) is 13.8. The molecule has 0 atom stereocenters. The SMILES string of the molecule is C=C=CC(F)(F)C(F)(F)C(F)(F)F. The van der Waals surface area contributed by atoms with Crippen molar-refractivity contribution >= 4 is 0 Å². The zero-order chi connectivity index (χ0) is 10.9. The molecule has 0 unspecified atom stereocenters. The number of alkyl halides is 7. The lowest BCUT2D eigenvalue weighted by Crippen LogP contribution is -2.50. The molecule has 0 fully saturated rings. The second-order valence-electron chi connectivity index (χ2n) is 2.04. The minimum Gasteiger partial charge on any atom is -0.194 e. The lowest BCUT2D eigenvalue weighted by molar-refractivity contribution is -0.341. The van der Waals surface area contributed by atoms with Gasteiger partial charge in [-0.15, -0.1) is 5.73 Å². The van der Waals surface area contributed by atoms with Crippen molar-refractivity contribution in [2.24, 2.45) is 0 Å². The van der Waals surface area contributed by atoms with Gasteiger partial charge in [0.2, 0.25) is 0 Å². The lowest BCUT2D eigenvalue weighted by Gasteiger charge is -2.25. The van der Waals surface area contributed by atoms with Crippen LogP contribution in [0.3, 0.4) is 0 Å². The first-order chi connectivity index (χ1) is 5.56. The first-order valence-electron chi connectivity index (χ1n) is 2.75. The summed E-state index contributed by atoms with van der Waals surface area (Å²) in [5.74, 6) is -11.4. The van der Waals surface area contributed by atoms with Crippen LogP contribution in [-0.2, 0) is 0 Å². The minimum absolute atomic E-state index is 0.722. The molecule has 0 heterocycles. The Labute approximate surface area is 68.3 Å². The molecule has 0 saturated carbocycles. The van der Waals surface area contributed by atoms with E-state index in [0.717, 1.165) is 0 Å². The van der Waals surface area contributed by atoms with Gasteiger partial charge in [0, 0.05) is 6.08 Å². The van der Waals surface area contributed by atoms with E-state index in [2.05, 4.69) is 6.58 Å². The average molecular weight is 208 g/mol. The molecular weight excluding hydrogens is 205 g/mol. The van der Waals surface area contributed by atoms with Crippen molar-refractivity contribution in [2.45, 2.75) is 18.0 Å². The molecule has 0 bridgehead atoms. The van der Waals surface area contributed by atoms with E-state index < -0.39 is 24.1 Å². The van der Waals surface area contributed by atoms with E-state index in [1.807, 2.05) is 0 Å². The second-order valence-corrected chi connectivity index (χ2v) is 2.04. The van der Waals surface area contributed by atoms with Gasteiger partial charge < -0.3 is 0 Å². The Hall–Kier alpha value is -0.970. The summed E-state index contributed by atoms with van der Waals surface area (Å²) in [6, 6.07) is 0. The van der Waals surface area contributed by atoms with Gasteiger partial charge in [0.25, 0.3) is 0 Å².